The van der Waals surface area contributed by atoms with Crippen molar-refractivity contribution in [2.24, 2.45) is 0 Å². The first-order valence-electron chi connectivity index (χ1n) is 10.1. The van der Waals surface area contributed by atoms with Crippen LogP contribution in [0.2, 0.25) is 0 Å². The molecule has 1 atom stereocenters. The first-order chi connectivity index (χ1) is 14.1. The highest BCUT2D eigenvalue weighted by Crippen LogP contribution is 2.25. The van der Waals surface area contributed by atoms with Crippen LogP contribution in [0.15, 0.2) is 42.5 Å². The summed E-state index contributed by atoms with van der Waals surface area (Å²) < 4.78 is 0. The number of carboxylic acid groups (broad SMARTS) is 1. The maximum atomic E-state index is 11.2. The standard InChI is InChI=1S/C23H30N4O2/c1-3-20(23(28)29)18-10-8-17(9-11-18)12-15-26-13-5-14-27-21-7-4-6-19(16-24)22(21)25-2/h4,6-11,20,25-27H,3,5,12-15H2,1-2H3,(H,28,29). The van der Waals surface area contributed by atoms with Gasteiger partial charge in [0.05, 0.1) is 22.9 Å². The summed E-state index contributed by atoms with van der Waals surface area (Å²) in [5.74, 6) is -1.19. The average molecular weight is 395 g/mol. The van der Waals surface area contributed by atoms with Gasteiger partial charge in [0.15, 0.2) is 0 Å². The van der Waals surface area contributed by atoms with Crippen LogP contribution in [0, 0.1) is 11.3 Å². The smallest absolute Gasteiger partial charge is 0.310 e. The summed E-state index contributed by atoms with van der Waals surface area (Å²) in [6.45, 7) is 4.49. The topological polar surface area (TPSA) is 97.2 Å². The van der Waals surface area contributed by atoms with Gasteiger partial charge in [0.2, 0.25) is 0 Å². The minimum atomic E-state index is -0.767. The van der Waals surface area contributed by atoms with Crippen LogP contribution in [-0.2, 0) is 11.2 Å². The van der Waals surface area contributed by atoms with Gasteiger partial charge in [-0.1, -0.05) is 37.3 Å². The lowest BCUT2D eigenvalue weighted by Gasteiger charge is -2.13. The molecule has 0 saturated carbocycles. The number of hydrogen-bond acceptors (Lipinski definition) is 5. The lowest BCUT2D eigenvalue weighted by atomic mass is 9.95. The van der Waals surface area contributed by atoms with Gasteiger partial charge in [-0.25, -0.2) is 0 Å². The fourth-order valence-corrected chi connectivity index (χ4v) is 3.33. The van der Waals surface area contributed by atoms with Gasteiger partial charge in [-0.2, -0.15) is 5.26 Å². The number of nitrogens with zero attached hydrogens (tertiary/aromatic N) is 1. The molecule has 154 valence electrons. The van der Waals surface area contributed by atoms with Crippen LogP contribution >= 0.6 is 0 Å². The summed E-state index contributed by atoms with van der Waals surface area (Å²) in [6.07, 6.45) is 2.47. The van der Waals surface area contributed by atoms with Gasteiger partial charge in [-0.3, -0.25) is 4.79 Å². The Morgan fingerprint density at radius 2 is 1.90 bits per heavy atom. The van der Waals surface area contributed by atoms with Gasteiger partial charge >= 0.3 is 5.97 Å². The van der Waals surface area contributed by atoms with E-state index in [0.29, 0.717) is 12.0 Å². The van der Waals surface area contributed by atoms with Crippen molar-refractivity contribution in [3.8, 4) is 6.07 Å². The van der Waals surface area contributed by atoms with Crippen LogP contribution in [0.5, 0.6) is 0 Å². The Morgan fingerprint density at radius 1 is 1.14 bits per heavy atom. The Hall–Kier alpha value is -3.04. The number of rotatable bonds is 12. The van der Waals surface area contributed by atoms with Crippen molar-refractivity contribution in [2.45, 2.75) is 32.1 Å². The molecular formula is C23H30N4O2. The largest absolute Gasteiger partial charge is 0.481 e. The third-order valence-corrected chi connectivity index (χ3v) is 4.96. The summed E-state index contributed by atoms with van der Waals surface area (Å²) in [6, 6.07) is 15.7. The highest BCUT2D eigenvalue weighted by Gasteiger charge is 2.16. The molecule has 29 heavy (non-hydrogen) atoms. The maximum absolute atomic E-state index is 11.2. The van der Waals surface area contributed by atoms with Crippen molar-refractivity contribution in [1.82, 2.24) is 5.32 Å². The molecule has 0 heterocycles. The van der Waals surface area contributed by atoms with Crippen LogP contribution in [-0.4, -0.2) is 37.8 Å². The molecule has 0 saturated heterocycles. The fourth-order valence-electron chi connectivity index (χ4n) is 3.33. The number of carbonyl (C=O) groups is 1. The van der Waals surface area contributed by atoms with Crippen LogP contribution in [0.3, 0.4) is 0 Å². The van der Waals surface area contributed by atoms with E-state index in [1.54, 1.807) is 6.07 Å². The van der Waals surface area contributed by atoms with E-state index >= 15 is 0 Å². The monoisotopic (exact) mass is 394 g/mol. The number of aliphatic carboxylic acids is 1. The molecule has 0 aliphatic heterocycles. The number of anilines is 2. The summed E-state index contributed by atoms with van der Waals surface area (Å²) in [5.41, 5.74) is 4.48. The maximum Gasteiger partial charge on any atom is 0.310 e. The zero-order valence-corrected chi connectivity index (χ0v) is 17.2. The SMILES string of the molecule is CCC(C(=O)O)c1ccc(CCNCCCNc2cccc(C#N)c2NC)cc1. The normalized spacial score (nSPS) is 11.5. The highest BCUT2D eigenvalue weighted by atomic mass is 16.4. The number of benzene rings is 2. The second-order valence-electron chi connectivity index (χ2n) is 6.91. The Balaban J connectivity index is 1.68. The molecule has 0 aliphatic carbocycles. The molecule has 6 heteroatoms. The summed E-state index contributed by atoms with van der Waals surface area (Å²) >= 11 is 0. The van der Waals surface area contributed by atoms with Crippen molar-refractivity contribution in [3.05, 3.63) is 59.2 Å². The number of carboxylic acids is 1. The van der Waals surface area contributed by atoms with Crippen molar-refractivity contribution in [2.75, 3.05) is 37.3 Å². The van der Waals surface area contributed by atoms with Gasteiger partial charge in [-0.15, -0.1) is 0 Å². The van der Waals surface area contributed by atoms with Crippen LogP contribution in [0.25, 0.3) is 0 Å². The van der Waals surface area contributed by atoms with E-state index < -0.39 is 11.9 Å². The third kappa shape index (κ3) is 6.51. The second kappa shape index (κ2) is 11.7. The van der Waals surface area contributed by atoms with Gasteiger partial charge in [-0.05, 0) is 55.6 Å². The Bertz CT molecular complexity index is 828. The summed E-state index contributed by atoms with van der Waals surface area (Å²) in [5, 5.41) is 28.3. The van der Waals surface area contributed by atoms with Crippen molar-refractivity contribution in [3.63, 3.8) is 0 Å². The zero-order valence-electron chi connectivity index (χ0n) is 17.2. The molecule has 0 radical (unpaired) electrons. The lowest BCUT2D eigenvalue weighted by molar-refractivity contribution is -0.138. The van der Waals surface area contributed by atoms with Gasteiger partial charge in [0, 0.05) is 13.6 Å². The van der Waals surface area contributed by atoms with Crippen LogP contribution in [0.1, 0.15) is 42.4 Å². The highest BCUT2D eigenvalue weighted by molar-refractivity contribution is 5.76. The molecule has 0 fully saturated rings. The first kappa shape index (κ1) is 22.3. The molecule has 1 unspecified atom stereocenters. The number of para-hydroxylation sites is 1. The predicted octanol–water partition coefficient (Wildman–Crippen LogP) is 3.81. The number of nitriles is 1. The zero-order chi connectivity index (χ0) is 21.1. The quantitative estimate of drug-likeness (QED) is 0.409. The van der Waals surface area contributed by atoms with Crippen molar-refractivity contribution < 1.29 is 9.90 Å². The molecule has 0 aromatic heterocycles. The predicted molar refractivity (Wildman–Crippen MR) is 117 cm³/mol. The second-order valence-corrected chi connectivity index (χ2v) is 6.91. The van der Waals surface area contributed by atoms with E-state index in [2.05, 4.69) is 22.0 Å². The van der Waals surface area contributed by atoms with E-state index in [1.165, 1.54) is 5.56 Å². The van der Waals surface area contributed by atoms with E-state index in [4.69, 9.17) is 5.26 Å². The average Bonchev–Trinajstić information content (AvgIpc) is 2.74. The molecule has 6 nitrogen and oxygen atoms in total. The molecule has 0 bridgehead atoms. The molecule has 4 N–H and O–H groups in total. The minimum Gasteiger partial charge on any atom is -0.481 e. The Kier molecular flexibility index (Phi) is 9.00. The first-order valence-corrected chi connectivity index (χ1v) is 10.1. The van der Waals surface area contributed by atoms with E-state index in [1.807, 2.05) is 50.4 Å². The molecule has 0 amide bonds. The number of hydrogen-bond donors (Lipinski definition) is 4. The van der Waals surface area contributed by atoms with Crippen LogP contribution in [0.4, 0.5) is 11.4 Å². The van der Waals surface area contributed by atoms with E-state index in [0.717, 1.165) is 49.4 Å². The molecule has 2 rings (SSSR count). The molecule has 0 aliphatic rings. The number of nitrogens with one attached hydrogen (secondary N) is 3. The molecule has 0 spiro atoms. The molecular weight excluding hydrogens is 364 g/mol. The van der Waals surface area contributed by atoms with Gasteiger partial charge in [0.25, 0.3) is 0 Å². The fraction of sp³-hybridized carbons (Fsp3) is 0.391. The van der Waals surface area contributed by atoms with Crippen molar-refractivity contribution >= 4 is 17.3 Å². The molecule has 2 aromatic carbocycles. The van der Waals surface area contributed by atoms with E-state index in [9.17, 15) is 9.90 Å². The van der Waals surface area contributed by atoms with Crippen LogP contribution < -0.4 is 16.0 Å². The lowest BCUT2D eigenvalue weighted by Crippen LogP contribution is -2.21. The van der Waals surface area contributed by atoms with Gasteiger partial charge < -0.3 is 21.1 Å². The third-order valence-electron chi connectivity index (χ3n) is 4.96. The van der Waals surface area contributed by atoms with Crippen molar-refractivity contribution in [1.29, 1.82) is 5.26 Å². The summed E-state index contributed by atoms with van der Waals surface area (Å²) in [7, 11) is 1.82. The van der Waals surface area contributed by atoms with Gasteiger partial charge in [0.1, 0.15) is 6.07 Å². The Morgan fingerprint density at radius 3 is 2.52 bits per heavy atom. The Labute approximate surface area is 173 Å². The molecule has 2 aromatic rings. The van der Waals surface area contributed by atoms with E-state index in [-0.39, 0.29) is 0 Å². The summed E-state index contributed by atoms with van der Waals surface area (Å²) in [4.78, 5) is 11.2. The minimum absolute atomic E-state index is 0.424.